The molecular formula is C26H34O3. The van der Waals surface area contributed by atoms with Crippen LogP contribution < -0.4 is 0 Å². The number of carbonyl (C=O) groups excluding carboxylic acids is 1. The van der Waals surface area contributed by atoms with E-state index in [1.807, 2.05) is 36.4 Å². The minimum Gasteiger partial charge on any atom is -0.458 e. The number of aliphatic hydroxyl groups is 1. The zero-order valence-electron chi connectivity index (χ0n) is 17.7. The predicted octanol–water partition coefficient (Wildman–Crippen LogP) is 5.39. The van der Waals surface area contributed by atoms with Gasteiger partial charge >= 0.3 is 5.97 Å². The van der Waals surface area contributed by atoms with E-state index in [0.29, 0.717) is 23.3 Å². The number of carbonyl (C=O) groups is 1. The summed E-state index contributed by atoms with van der Waals surface area (Å²) >= 11 is 0. The number of esters is 1. The Morgan fingerprint density at radius 2 is 1.83 bits per heavy atom. The van der Waals surface area contributed by atoms with Crippen molar-refractivity contribution in [2.24, 2.45) is 34.5 Å². The van der Waals surface area contributed by atoms with Gasteiger partial charge in [-0.3, -0.25) is 0 Å². The topological polar surface area (TPSA) is 46.5 Å². The lowest BCUT2D eigenvalue weighted by Gasteiger charge is -2.59. The second-order valence-corrected chi connectivity index (χ2v) is 10.6. The number of fused-ring (bicyclic) bond motifs is 5. The molecule has 8 atom stereocenters. The third kappa shape index (κ3) is 3.00. The summed E-state index contributed by atoms with van der Waals surface area (Å²) in [6.07, 6.45) is 12.1. The average Bonchev–Trinajstić information content (AvgIpc) is 3.05. The molecule has 1 aromatic rings. The lowest BCUT2D eigenvalue weighted by molar-refractivity contribution is -0.103. The van der Waals surface area contributed by atoms with Gasteiger partial charge < -0.3 is 9.84 Å². The average molecular weight is 395 g/mol. The molecule has 0 bridgehead atoms. The minimum absolute atomic E-state index is 0.0374. The molecule has 0 spiro atoms. The van der Waals surface area contributed by atoms with Crippen LogP contribution in [0.3, 0.4) is 0 Å². The van der Waals surface area contributed by atoms with Crippen molar-refractivity contribution in [2.45, 2.75) is 71.0 Å². The third-order valence-corrected chi connectivity index (χ3v) is 9.34. The summed E-state index contributed by atoms with van der Waals surface area (Å²) in [5, 5.41) is 10.1. The number of hydrogen-bond donors (Lipinski definition) is 1. The van der Waals surface area contributed by atoms with Crippen molar-refractivity contribution in [2.75, 3.05) is 0 Å². The molecule has 0 aromatic heterocycles. The summed E-state index contributed by atoms with van der Waals surface area (Å²) in [7, 11) is 0. The lowest BCUT2D eigenvalue weighted by atomic mass is 9.46. The molecular weight excluding hydrogens is 360 g/mol. The highest BCUT2D eigenvalue weighted by Gasteiger charge is 2.60. The third-order valence-electron chi connectivity index (χ3n) is 9.34. The second-order valence-electron chi connectivity index (χ2n) is 10.6. The Labute approximate surface area is 174 Å². The fourth-order valence-corrected chi connectivity index (χ4v) is 7.71. The number of allylic oxidation sites excluding steroid dienone is 1. The Morgan fingerprint density at radius 3 is 2.62 bits per heavy atom. The molecule has 3 saturated carbocycles. The van der Waals surface area contributed by atoms with E-state index in [1.165, 1.54) is 25.7 Å². The number of hydrogen-bond acceptors (Lipinski definition) is 3. The maximum Gasteiger partial charge on any atom is 0.338 e. The summed E-state index contributed by atoms with van der Waals surface area (Å²) in [4.78, 5) is 12.7. The van der Waals surface area contributed by atoms with Gasteiger partial charge in [-0.2, -0.15) is 0 Å². The predicted molar refractivity (Wildman–Crippen MR) is 113 cm³/mol. The van der Waals surface area contributed by atoms with Crippen LogP contribution in [0, 0.1) is 34.5 Å². The van der Waals surface area contributed by atoms with Gasteiger partial charge in [-0.05, 0) is 86.2 Å². The summed E-state index contributed by atoms with van der Waals surface area (Å²) in [5.41, 5.74) is 0.988. The number of rotatable bonds is 2. The van der Waals surface area contributed by atoms with Crippen LogP contribution in [-0.2, 0) is 4.74 Å². The van der Waals surface area contributed by atoms with E-state index in [2.05, 4.69) is 19.9 Å². The molecule has 29 heavy (non-hydrogen) atoms. The molecule has 3 unspecified atom stereocenters. The summed E-state index contributed by atoms with van der Waals surface area (Å²) in [6.45, 7) is 4.83. The molecule has 3 heteroatoms. The van der Waals surface area contributed by atoms with E-state index < -0.39 is 0 Å². The molecule has 5 rings (SSSR count). The molecule has 0 heterocycles. The highest BCUT2D eigenvalue weighted by molar-refractivity contribution is 5.89. The SMILES string of the molecule is C[C@]12C=CC(O)CC1CC[C@@H]1[C@H]2CC[C@]2(C)C(OC(=O)c3ccccc3)CC[C@@H]12. The van der Waals surface area contributed by atoms with Crippen LogP contribution in [0.25, 0.3) is 0 Å². The van der Waals surface area contributed by atoms with Crippen LogP contribution >= 0.6 is 0 Å². The molecule has 0 saturated heterocycles. The monoisotopic (exact) mass is 394 g/mol. The van der Waals surface area contributed by atoms with Crippen LogP contribution in [-0.4, -0.2) is 23.3 Å². The van der Waals surface area contributed by atoms with Crippen molar-refractivity contribution in [1.82, 2.24) is 0 Å². The summed E-state index contributed by atoms with van der Waals surface area (Å²) in [6, 6.07) is 9.42. The van der Waals surface area contributed by atoms with Crippen LogP contribution in [0.2, 0.25) is 0 Å². The van der Waals surface area contributed by atoms with E-state index in [0.717, 1.165) is 25.2 Å². The number of ether oxygens (including phenoxy) is 1. The molecule has 0 radical (unpaired) electrons. The molecule has 4 aliphatic rings. The lowest BCUT2D eigenvalue weighted by Crippen LogP contribution is -2.53. The van der Waals surface area contributed by atoms with Crippen LogP contribution in [0.15, 0.2) is 42.5 Å². The van der Waals surface area contributed by atoms with Crippen LogP contribution in [0.1, 0.15) is 69.2 Å². The van der Waals surface area contributed by atoms with Crippen LogP contribution in [0.5, 0.6) is 0 Å². The Balaban J connectivity index is 1.36. The van der Waals surface area contributed by atoms with E-state index in [4.69, 9.17) is 4.74 Å². The van der Waals surface area contributed by atoms with Crippen molar-refractivity contribution in [3.63, 3.8) is 0 Å². The minimum atomic E-state index is -0.258. The summed E-state index contributed by atoms with van der Waals surface area (Å²) in [5.74, 6) is 2.51. The first-order valence-corrected chi connectivity index (χ1v) is 11.6. The number of aliphatic hydroxyl groups excluding tert-OH is 1. The number of benzene rings is 1. The molecule has 4 aliphatic carbocycles. The zero-order chi connectivity index (χ0) is 20.2. The van der Waals surface area contributed by atoms with Gasteiger partial charge in [0.15, 0.2) is 0 Å². The maximum absolute atomic E-state index is 12.7. The van der Waals surface area contributed by atoms with Gasteiger partial charge in [-0.1, -0.05) is 44.2 Å². The van der Waals surface area contributed by atoms with E-state index in [-0.39, 0.29) is 29.0 Å². The van der Waals surface area contributed by atoms with Gasteiger partial charge in [0.2, 0.25) is 0 Å². The maximum atomic E-state index is 12.7. The molecule has 0 aliphatic heterocycles. The summed E-state index contributed by atoms with van der Waals surface area (Å²) < 4.78 is 6.11. The first-order valence-electron chi connectivity index (χ1n) is 11.6. The van der Waals surface area contributed by atoms with Gasteiger partial charge in [0.1, 0.15) is 6.10 Å². The van der Waals surface area contributed by atoms with E-state index >= 15 is 0 Å². The second kappa shape index (κ2) is 6.97. The fourth-order valence-electron chi connectivity index (χ4n) is 7.71. The molecule has 156 valence electrons. The van der Waals surface area contributed by atoms with Gasteiger partial charge in [0, 0.05) is 5.41 Å². The quantitative estimate of drug-likeness (QED) is 0.540. The largest absolute Gasteiger partial charge is 0.458 e. The van der Waals surface area contributed by atoms with Crippen molar-refractivity contribution < 1.29 is 14.6 Å². The van der Waals surface area contributed by atoms with Gasteiger partial charge in [0.05, 0.1) is 11.7 Å². The smallest absolute Gasteiger partial charge is 0.338 e. The van der Waals surface area contributed by atoms with Crippen molar-refractivity contribution >= 4 is 5.97 Å². The van der Waals surface area contributed by atoms with Gasteiger partial charge in [0.25, 0.3) is 0 Å². The molecule has 0 amide bonds. The van der Waals surface area contributed by atoms with E-state index in [9.17, 15) is 9.90 Å². The Hall–Kier alpha value is -1.61. The first-order chi connectivity index (χ1) is 13.9. The highest BCUT2D eigenvalue weighted by Crippen LogP contribution is 2.65. The first kappa shape index (κ1) is 19.4. The van der Waals surface area contributed by atoms with Crippen molar-refractivity contribution in [1.29, 1.82) is 0 Å². The normalized spacial score (nSPS) is 45.8. The zero-order valence-corrected chi connectivity index (χ0v) is 17.7. The van der Waals surface area contributed by atoms with Gasteiger partial charge in [-0.15, -0.1) is 0 Å². The van der Waals surface area contributed by atoms with E-state index in [1.54, 1.807) is 0 Å². The highest BCUT2D eigenvalue weighted by atomic mass is 16.5. The Bertz CT molecular complexity index is 801. The Morgan fingerprint density at radius 1 is 1.03 bits per heavy atom. The fraction of sp³-hybridized carbons (Fsp3) is 0.654. The Kier molecular flexibility index (Phi) is 4.66. The molecule has 3 fully saturated rings. The van der Waals surface area contributed by atoms with Gasteiger partial charge in [-0.25, -0.2) is 4.79 Å². The standard InChI is InChI=1S/C26H34O3/c1-25-14-12-19(27)16-18(25)8-9-20-21-10-11-23(26(21,2)15-13-22(20)25)29-24(28)17-6-4-3-5-7-17/h3-7,12,14,18-23,27H,8-11,13,15-16H2,1-2H3/t18?,19?,20-,21-,22+,23?,25-,26-/m0/s1. The molecule has 3 nitrogen and oxygen atoms in total. The van der Waals surface area contributed by atoms with Crippen LogP contribution in [0.4, 0.5) is 0 Å². The molecule has 1 aromatic carbocycles. The molecule has 1 N–H and O–H groups in total. The van der Waals surface area contributed by atoms with Crippen molar-refractivity contribution in [3.05, 3.63) is 48.0 Å². The van der Waals surface area contributed by atoms with Crippen molar-refractivity contribution in [3.8, 4) is 0 Å².